The Morgan fingerprint density at radius 3 is 2.21 bits per heavy atom. The number of hydrogen-bond acceptors (Lipinski definition) is 2. The number of aryl methyl sites for hydroxylation is 1. The third-order valence-corrected chi connectivity index (χ3v) is 6.13. The highest BCUT2D eigenvalue weighted by molar-refractivity contribution is 6.13. The molecule has 0 saturated carbocycles. The summed E-state index contributed by atoms with van der Waals surface area (Å²) >= 11 is 0. The van der Waals surface area contributed by atoms with Crippen molar-refractivity contribution in [1.82, 2.24) is 0 Å². The number of unbranched alkanes of at least 4 members (excludes halogenated alkanes) is 4. The van der Waals surface area contributed by atoms with Crippen molar-refractivity contribution in [1.29, 1.82) is 0 Å². The van der Waals surface area contributed by atoms with Crippen LogP contribution >= 0.6 is 0 Å². The first-order chi connectivity index (χ1) is 16.7. The van der Waals surface area contributed by atoms with Crippen molar-refractivity contribution in [2.75, 3.05) is 0 Å². The van der Waals surface area contributed by atoms with Crippen LogP contribution in [0.2, 0.25) is 0 Å². The van der Waals surface area contributed by atoms with Crippen LogP contribution in [0, 0.1) is 0 Å². The number of benzene rings is 3. The van der Waals surface area contributed by atoms with Crippen LogP contribution in [0.15, 0.2) is 89.1 Å². The van der Waals surface area contributed by atoms with Gasteiger partial charge in [-0.15, -0.1) is 5.10 Å². The third kappa shape index (κ3) is 8.06. The van der Waals surface area contributed by atoms with E-state index in [1.54, 1.807) is 0 Å². The van der Waals surface area contributed by atoms with Crippen LogP contribution in [0.25, 0.3) is 0 Å². The van der Waals surface area contributed by atoms with Crippen LogP contribution in [-0.4, -0.2) is 18.1 Å². The standard InChI is InChI=1S/C31H37FN2/c1-3-5-6-7-9-14-26-15-12-13-18-29(26)24-33-34-31(27-16-10-8-11-17-27)28-21-19-25(20-22-28)23-30(32)4-2/h8,10-13,15-22,24,30H,3-7,9,14,23H2,1-2H3. The second kappa shape index (κ2) is 14.2. The molecule has 0 N–H and O–H groups in total. The summed E-state index contributed by atoms with van der Waals surface area (Å²) in [5.41, 5.74) is 6.24. The lowest BCUT2D eigenvalue weighted by atomic mass is 9.99. The van der Waals surface area contributed by atoms with E-state index in [1.165, 1.54) is 37.7 Å². The fourth-order valence-electron chi connectivity index (χ4n) is 4.03. The first-order valence-electron chi connectivity index (χ1n) is 12.7. The molecule has 0 heterocycles. The summed E-state index contributed by atoms with van der Waals surface area (Å²) in [5, 5.41) is 9.14. The molecular formula is C31H37FN2. The zero-order valence-corrected chi connectivity index (χ0v) is 20.6. The van der Waals surface area contributed by atoms with Crippen LogP contribution < -0.4 is 0 Å². The smallest absolute Gasteiger partial charge is 0.104 e. The summed E-state index contributed by atoms with van der Waals surface area (Å²) in [7, 11) is 0. The van der Waals surface area contributed by atoms with Crippen LogP contribution in [0.5, 0.6) is 0 Å². The van der Waals surface area contributed by atoms with Gasteiger partial charge in [0, 0.05) is 17.5 Å². The Labute approximate surface area is 204 Å². The molecule has 0 amide bonds. The maximum atomic E-state index is 13.8. The molecule has 1 atom stereocenters. The first kappa shape index (κ1) is 25.6. The van der Waals surface area contributed by atoms with Crippen LogP contribution in [0.1, 0.15) is 80.2 Å². The lowest BCUT2D eigenvalue weighted by Gasteiger charge is -2.09. The minimum Gasteiger partial charge on any atom is -0.247 e. The van der Waals surface area contributed by atoms with Gasteiger partial charge in [0.25, 0.3) is 0 Å². The molecule has 0 aliphatic carbocycles. The van der Waals surface area contributed by atoms with E-state index in [-0.39, 0.29) is 0 Å². The highest BCUT2D eigenvalue weighted by atomic mass is 19.1. The molecule has 2 nitrogen and oxygen atoms in total. The summed E-state index contributed by atoms with van der Waals surface area (Å²) in [5.74, 6) is 0. The maximum Gasteiger partial charge on any atom is 0.104 e. The van der Waals surface area contributed by atoms with E-state index in [0.29, 0.717) is 12.8 Å². The lowest BCUT2D eigenvalue weighted by Crippen LogP contribution is -2.05. The maximum absolute atomic E-state index is 13.8. The molecule has 0 aliphatic rings. The van der Waals surface area contributed by atoms with E-state index in [1.807, 2.05) is 67.7 Å². The van der Waals surface area contributed by atoms with E-state index in [9.17, 15) is 4.39 Å². The molecule has 3 heteroatoms. The van der Waals surface area contributed by atoms with Gasteiger partial charge >= 0.3 is 0 Å². The van der Waals surface area contributed by atoms with Crippen molar-refractivity contribution in [3.05, 3.63) is 107 Å². The van der Waals surface area contributed by atoms with Gasteiger partial charge < -0.3 is 0 Å². The molecule has 0 saturated heterocycles. The Morgan fingerprint density at radius 1 is 0.794 bits per heavy atom. The fraction of sp³-hybridized carbons (Fsp3) is 0.355. The normalized spacial score (nSPS) is 12.9. The molecule has 3 aromatic rings. The Balaban J connectivity index is 1.79. The average molecular weight is 457 g/mol. The Bertz CT molecular complexity index is 1040. The Morgan fingerprint density at radius 2 is 1.47 bits per heavy atom. The van der Waals surface area contributed by atoms with Gasteiger partial charge in [-0.3, -0.25) is 0 Å². The van der Waals surface area contributed by atoms with E-state index in [2.05, 4.69) is 41.4 Å². The monoisotopic (exact) mass is 456 g/mol. The van der Waals surface area contributed by atoms with E-state index in [4.69, 9.17) is 0 Å². The number of halogens is 1. The molecule has 3 aromatic carbocycles. The molecular weight excluding hydrogens is 419 g/mol. The van der Waals surface area contributed by atoms with Gasteiger partial charge in [-0.25, -0.2) is 4.39 Å². The molecule has 178 valence electrons. The van der Waals surface area contributed by atoms with Crippen LogP contribution in [0.3, 0.4) is 0 Å². The predicted molar refractivity (Wildman–Crippen MR) is 144 cm³/mol. The van der Waals surface area contributed by atoms with Crippen molar-refractivity contribution in [2.24, 2.45) is 10.2 Å². The van der Waals surface area contributed by atoms with Crippen LogP contribution in [0.4, 0.5) is 4.39 Å². The van der Waals surface area contributed by atoms with Gasteiger partial charge in [0.1, 0.15) is 11.9 Å². The topological polar surface area (TPSA) is 24.7 Å². The Hall–Kier alpha value is -3.07. The highest BCUT2D eigenvalue weighted by Crippen LogP contribution is 2.16. The molecule has 0 fully saturated rings. The second-order valence-corrected chi connectivity index (χ2v) is 8.83. The molecule has 1 unspecified atom stereocenters. The van der Waals surface area contributed by atoms with Gasteiger partial charge in [0.05, 0.1) is 6.21 Å². The molecule has 3 rings (SSSR count). The number of alkyl halides is 1. The van der Waals surface area contributed by atoms with Gasteiger partial charge in [-0.05, 0) is 36.0 Å². The van der Waals surface area contributed by atoms with E-state index >= 15 is 0 Å². The van der Waals surface area contributed by atoms with Crippen molar-refractivity contribution in [3.63, 3.8) is 0 Å². The first-order valence-corrected chi connectivity index (χ1v) is 12.7. The minimum atomic E-state index is -0.801. The zero-order valence-electron chi connectivity index (χ0n) is 20.6. The van der Waals surface area contributed by atoms with Gasteiger partial charge in [-0.2, -0.15) is 5.10 Å². The van der Waals surface area contributed by atoms with E-state index in [0.717, 1.165) is 34.4 Å². The molecule has 34 heavy (non-hydrogen) atoms. The molecule has 0 aromatic heterocycles. The molecule has 0 bridgehead atoms. The van der Waals surface area contributed by atoms with Gasteiger partial charge in [-0.1, -0.05) is 118 Å². The number of nitrogens with zero attached hydrogens (tertiary/aromatic N) is 2. The second-order valence-electron chi connectivity index (χ2n) is 8.83. The molecule has 0 spiro atoms. The SMILES string of the molecule is CCCCCCCc1ccccc1C=NN=C(c1ccccc1)c1ccc(CC(F)CC)cc1. The highest BCUT2D eigenvalue weighted by Gasteiger charge is 2.09. The van der Waals surface area contributed by atoms with Crippen molar-refractivity contribution >= 4 is 11.9 Å². The van der Waals surface area contributed by atoms with Crippen LogP contribution in [-0.2, 0) is 12.8 Å². The summed E-state index contributed by atoms with van der Waals surface area (Å²) in [6.07, 6.45) is 9.47. The minimum absolute atomic E-state index is 0.446. The largest absolute Gasteiger partial charge is 0.247 e. The van der Waals surface area contributed by atoms with Gasteiger partial charge in [0.15, 0.2) is 0 Å². The zero-order chi connectivity index (χ0) is 24.0. The molecule has 0 radical (unpaired) electrons. The summed E-state index contributed by atoms with van der Waals surface area (Å²) < 4.78 is 13.8. The fourth-order valence-corrected chi connectivity index (χ4v) is 4.03. The Kier molecular flexibility index (Phi) is 10.7. The van der Waals surface area contributed by atoms with Crippen molar-refractivity contribution in [3.8, 4) is 0 Å². The summed E-state index contributed by atoms with van der Waals surface area (Å²) in [6, 6.07) is 26.6. The van der Waals surface area contributed by atoms with E-state index < -0.39 is 6.17 Å². The van der Waals surface area contributed by atoms with Crippen molar-refractivity contribution < 1.29 is 4.39 Å². The predicted octanol–water partition coefficient (Wildman–Crippen LogP) is 8.36. The average Bonchev–Trinajstić information content (AvgIpc) is 2.88. The van der Waals surface area contributed by atoms with Gasteiger partial charge in [0.2, 0.25) is 0 Å². The summed E-state index contributed by atoms with van der Waals surface area (Å²) in [6.45, 7) is 4.12. The van der Waals surface area contributed by atoms with Crippen molar-refractivity contribution in [2.45, 2.75) is 71.4 Å². The quantitative estimate of drug-likeness (QED) is 0.140. The molecule has 0 aliphatic heterocycles. The number of rotatable bonds is 13. The summed E-state index contributed by atoms with van der Waals surface area (Å²) in [4.78, 5) is 0. The number of hydrogen-bond donors (Lipinski definition) is 0. The lowest BCUT2D eigenvalue weighted by molar-refractivity contribution is 0.323. The third-order valence-electron chi connectivity index (χ3n) is 6.13.